The number of methoxy groups -OCH3 is 1. The third-order valence-corrected chi connectivity index (χ3v) is 7.37. The molecule has 3 aromatic rings. The van der Waals surface area contributed by atoms with Crippen molar-refractivity contribution >= 4 is 29.1 Å². The van der Waals surface area contributed by atoms with E-state index in [-0.39, 0.29) is 29.1 Å². The highest BCUT2D eigenvalue weighted by atomic mass is 32.1. The van der Waals surface area contributed by atoms with E-state index in [0.717, 1.165) is 29.7 Å². The molecule has 2 aromatic carbocycles. The van der Waals surface area contributed by atoms with Gasteiger partial charge >= 0.3 is 0 Å². The number of hydrogen-bond donors (Lipinski definition) is 4. The summed E-state index contributed by atoms with van der Waals surface area (Å²) in [6.45, 7) is 5.82. The summed E-state index contributed by atoms with van der Waals surface area (Å²) in [7, 11) is 1.61. The van der Waals surface area contributed by atoms with Crippen molar-refractivity contribution in [3.63, 3.8) is 0 Å². The fraction of sp³-hybridized carbons (Fsp3) is 0.387. The highest BCUT2D eigenvalue weighted by Gasteiger charge is 2.25. The molecule has 10 heteroatoms. The molecule has 3 amide bonds. The Bertz CT molecular complexity index is 1290. The number of carbonyl (C=O) groups is 3. The molecule has 0 fully saturated rings. The number of aliphatic hydroxyl groups is 1. The Kier molecular flexibility index (Phi) is 12.3. The third kappa shape index (κ3) is 9.41. The Morgan fingerprint density at radius 2 is 1.71 bits per heavy atom. The smallest absolute Gasteiger partial charge is 0.253 e. The Balaban J connectivity index is 1.79. The van der Waals surface area contributed by atoms with E-state index in [0.29, 0.717) is 26.1 Å². The fourth-order valence-electron chi connectivity index (χ4n) is 4.55. The van der Waals surface area contributed by atoms with Gasteiger partial charge in [-0.25, -0.2) is 0 Å². The quantitative estimate of drug-likeness (QED) is 0.205. The number of nitrogens with one attached hydrogen (secondary N) is 2. The van der Waals surface area contributed by atoms with E-state index in [1.807, 2.05) is 54.9 Å². The van der Waals surface area contributed by atoms with Crippen molar-refractivity contribution in [2.75, 3.05) is 26.7 Å². The number of rotatable bonds is 16. The van der Waals surface area contributed by atoms with E-state index >= 15 is 0 Å². The van der Waals surface area contributed by atoms with Gasteiger partial charge in [-0.05, 0) is 77.5 Å². The number of nitrogens with two attached hydrogens (primary N) is 1. The minimum atomic E-state index is -0.922. The number of ether oxygens (including phenoxy) is 1. The van der Waals surface area contributed by atoms with Crippen molar-refractivity contribution in [2.24, 2.45) is 5.73 Å². The molecule has 41 heavy (non-hydrogen) atoms. The molecule has 220 valence electrons. The van der Waals surface area contributed by atoms with E-state index in [2.05, 4.69) is 10.6 Å². The van der Waals surface area contributed by atoms with Crippen LogP contribution >= 0.6 is 11.3 Å². The number of thiophene rings is 1. The lowest BCUT2D eigenvalue weighted by Gasteiger charge is -2.25. The van der Waals surface area contributed by atoms with Crippen molar-refractivity contribution in [2.45, 2.75) is 51.8 Å². The molecule has 9 nitrogen and oxygen atoms in total. The van der Waals surface area contributed by atoms with Crippen LogP contribution in [0.4, 0.5) is 0 Å². The van der Waals surface area contributed by atoms with Gasteiger partial charge in [0.1, 0.15) is 5.75 Å². The topological polar surface area (TPSA) is 134 Å². The number of benzene rings is 2. The standard InChI is InChI=1S/C31H40N4O5S/c1-4-10-35(11-5-2)31(39)25-16-23(29(32)37)15-24(17-25)30(38)34-27(14-22-9-12-41-20-22)28(36)19-33-18-21-7-6-8-26(13-21)40-3/h6-9,12-13,15-17,20,27-28,33,36H,4-5,10-11,14,18-19H2,1-3H3,(H2,32,37)(H,34,38)/t27?,28-/m1/s1. The van der Waals surface area contributed by atoms with Crippen molar-refractivity contribution in [1.82, 2.24) is 15.5 Å². The van der Waals surface area contributed by atoms with Gasteiger partial charge in [0, 0.05) is 42.9 Å². The average molecular weight is 581 g/mol. The monoisotopic (exact) mass is 580 g/mol. The molecule has 1 unspecified atom stereocenters. The second kappa shape index (κ2) is 15.9. The van der Waals surface area contributed by atoms with Gasteiger partial charge in [-0.1, -0.05) is 26.0 Å². The molecule has 1 heterocycles. The number of nitrogens with zero attached hydrogens (tertiary/aromatic N) is 1. The zero-order chi connectivity index (χ0) is 29.8. The van der Waals surface area contributed by atoms with Gasteiger partial charge in [0.25, 0.3) is 11.8 Å². The lowest BCUT2D eigenvalue weighted by molar-refractivity contribution is 0.0755. The van der Waals surface area contributed by atoms with Gasteiger partial charge in [-0.3, -0.25) is 14.4 Å². The average Bonchev–Trinajstić information content (AvgIpc) is 3.49. The maximum atomic E-state index is 13.5. The number of amides is 3. The maximum absolute atomic E-state index is 13.5. The molecule has 3 rings (SSSR count). The highest BCUT2D eigenvalue weighted by Crippen LogP contribution is 2.17. The summed E-state index contributed by atoms with van der Waals surface area (Å²) in [4.78, 5) is 40.6. The van der Waals surface area contributed by atoms with Crippen LogP contribution in [0.2, 0.25) is 0 Å². The minimum absolute atomic E-state index is 0.0730. The highest BCUT2D eigenvalue weighted by molar-refractivity contribution is 7.07. The van der Waals surface area contributed by atoms with Crippen LogP contribution in [0.25, 0.3) is 0 Å². The van der Waals surface area contributed by atoms with Crippen molar-refractivity contribution in [3.05, 3.63) is 87.1 Å². The van der Waals surface area contributed by atoms with E-state index < -0.39 is 24.0 Å². The molecule has 0 radical (unpaired) electrons. The van der Waals surface area contributed by atoms with E-state index in [1.54, 1.807) is 12.0 Å². The number of carbonyl (C=O) groups excluding carboxylic acids is 3. The summed E-state index contributed by atoms with van der Waals surface area (Å²) >= 11 is 1.53. The maximum Gasteiger partial charge on any atom is 0.253 e. The van der Waals surface area contributed by atoms with Crippen LogP contribution in [0, 0.1) is 0 Å². The molecule has 0 aliphatic carbocycles. The van der Waals surface area contributed by atoms with Crippen molar-refractivity contribution in [3.8, 4) is 5.75 Å². The Morgan fingerprint density at radius 3 is 2.34 bits per heavy atom. The van der Waals surface area contributed by atoms with Gasteiger partial charge in [0.15, 0.2) is 0 Å². The largest absolute Gasteiger partial charge is 0.497 e. The van der Waals surface area contributed by atoms with Crippen LogP contribution in [-0.2, 0) is 13.0 Å². The summed E-state index contributed by atoms with van der Waals surface area (Å²) in [5.74, 6) is -0.756. The first kappa shape index (κ1) is 31.8. The van der Waals surface area contributed by atoms with Crippen molar-refractivity contribution in [1.29, 1.82) is 0 Å². The summed E-state index contributed by atoms with van der Waals surface area (Å²) in [6.07, 6.45) is 1.04. The lowest BCUT2D eigenvalue weighted by Crippen LogP contribution is -2.48. The van der Waals surface area contributed by atoms with Crippen LogP contribution in [0.1, 0.15) is 68.9 Å². The van der Waals surface area contributed by atoms with Gasteiger partial charge < -0.3 is 31.1 Å². The normalized spacial score (nSPS) is 12.4. The summed E-state index contributed by atoms with van der Waals surface area (Å²) < 4.78 is 5.27. The predicted molar refractivity (Wildman–Crippen MR) is 161 cm³/mol. The number of aliphatic hydroxyl groups excluding tert-OH is 1. The van der Waals surface area contributed by atoms with Gasteiger partial charge in [0.05, 0.1) is 19.3 Å². The Morgan fingerprint density at radius 1 is 1.00 bits per heavy atom. The third-order valence-electron chi connectivity index (χ3n) is 6.63. The van der Waals surface area contributed by atoms with Crippen LogP contribution in [0.5, 0.6) is 5.75 Å². The van der Waals surface area contributed by atoms with Crippen LogP contribution in [-0.4, -0.2) is 66.6 Å². The predicted octanol–water partition coefficient (Wildman–Crippen LogP) is 3.61. The number of primary amides is 1. The van der Waals surface area contributed by atoms with Gasteiger partial charge in [-0.15, -0.1) is 0 Å². The first-order valence-corrected chi connectivity index (χ1v) is 14.8. The lowest BCUT2D eigenvalue weighted by atomic mass is 10.0. The number of hydrogen-bond acceptors (Lipinski definition) is 7. The minimum Gasteiger partial charge on any atom is -0.497 e. The SMILES string of the molecule is CCCN(CCC)C(=O)c1cc(C(N)=O)cc(C(=O)NC(Cc2ccsc2)[C@H](O)CNCc2cccc(OC)c2)c1. The second-order valence-electron chi connectivity index (χ2n) is 9.92. The molecular formula is C31H40N4O5S. The molecule has 0 aliphatic rings. The zero-order valence-electron chi connectivity index (χ0n) is 23.9. The summed E-state index contributed by atoms with van der Waals surface area (Å²) in [6, 6.07) is 13.2. The molecule has 0 bridgehead atoms. The molecule has 5 N–H and O–H groups in total. The van der Waals surface area contributed by atoms with E-state index in [9.17, 15) is 19.5 Å². The molecule has 0 aliphatic heterocycles. The Labute approximate surface area is 245 Å². The first-order valence-electron chi connectivity index (χ1n) is 13.8. The van der Waals surface area contributed by atoms with Gasteiger partial charge in [-0.2, -0.15) is 11.3 Å². The van der Waals surface area contributed by atoms with Gasteiger partial charge in [0.2, 0.25) is 5.91 Å². The molecule has 2 atom stereocenters. The Hall–Kier alpha value is -3.73. The molecule has 1 aromatic heterocycles. The zero-order valence-corrected chi connectivity index (χ0v) is 24.7. The first-order chi connectivity index (χ1) is 19.7. The molecular weight excluding hydrogens is 540 g/mol. The van der Waals surface area contributed by atoms with Crippen LogP contribution in [0.3, 0.4) is 0 Å². The summed E-state index contributed by atoms with van der Waals surface area (Å²) in [5, 5.41) is 21.2. The van der Waals surface area contributed by atoms with Crippen molar-refractivity contribution < 1.29 is 24.2 Å². The fourth-order valence-corrected chi connectivity index (χ4v) is 5.23. The van der Waals surface area contributed by atoms with E-state index in [4.69, 9.17) is 10.5 Å². The summed E-state index contributed by atoms with van der Waals surface area (Å²) in [5.41, 5.74) is 7.95. The molecule has 0 saturated carbocycles. The van der Waals surface area contributed by atoms with E-state index in [1.165, 1.54) is 29.5 Å². The molecule has 0 saturated heterocycles. The molecule has 0 spiro atoms. The van der Waals surface area contributed by atoms with Crippen LogP contribution in [0.15, 0.2) is 59.3 Å². The second-order valence-corrected chi connectivity index (χ2v) is 10.7. The van der Waals surface area contributed by atoms with Crippen LogP contribution < -0.4 is 21.1 Å².